The first-order valence-electron chi connectivity index (χ1n) is 8.17. The van der Waals surface area contributed by atoms with E-state index in [9.17, 15) is 0 Å². The van der Waals surface area contributed by atoms with Crippen molar-refractivity contribution < 1.29 is 0 Å². The SMILES string of the molecule is CC(NCCN(C)CC1CC2CCC1C2)c1cccs1. The van der Waals surface area contributed by atoms with Crippen LogP contribution >= 0.6 is 11.3 Å². The number of nitrogens with one attached hydrogen (secondary N) is 1. The molecule has 112 valence electrons. The number of likely N-dealkylation sites (N-methyl/N-ethyl adjacent to an activating group) is 1. The summed E-state index contributed by atoms with van der Waals surface area (Å²) in [4.78, 5) is 3.99. The van der Waals surface area contributed by atoms with Crippen molar-refractivity contribution in [3.63, 3.8) is 0 Å². The van der Waals surface area contributed by atoms with Crippen molar-refractivity contribution >= 4 is 11.3 Å². The molecule has 1 heterocycles. The molecule has 3 heteroatoms. The Morgan fingerprint density at radius 3 is 2.95 bits per heavy atom. The summed E-state index contributed by atoms with van der Waals surface area (Å²) in [7, 11) is 2.30. The summed E-state index contributed by atoms with van der Waals surface area (Å²) in [6.45, 7) is 5.85. The van der Waals surface area contributed by atoms with Crippen molar-refractivity contribution in [2.75, 3.05) is 26.7 Å². The van der Waals surface area contributed by atoms with Crippen molar-refractivity contribution in [3.8, 4) is 0 Å². The largest absolute Gasteiger partial charge is 0.308 e. The van der Waals surface area contributed by atoms with Gasteiger partial charge in [0.05, 0.1) is 0 Å². The van der Waals surface area contributed by atoms with E-state index in [1.807, 2.05) is 11.3 Å². The zero-order valence-electron chi connectivity index (χ0n) is 12.8. The molecular formula is C17H28N2S. The molecule has 0 amide bonds. The van der Waals surface area contributed by atoms with Crippen LogP contribution in [0.2, 0.25) is 0 Å². The van der Waals surface area contributed by atoms with Gasteiger partial charge in [0.2, 0.25) is 0 Å². The van der Waals surface area contributed by atoms with Gasteiger partial charge in [0, 0.05) is 30.6 Å². The molecule has 2 saturated carbocycles. The van der Waals surface area contributed by atoms with Crippen molar-refractivity contribution in [1.82, 2.24) is 10.2 Å². The molecule has 0 aliphatic heterocycles. The molecular weight excluding hydrogens is 264 g/mol. The molecule has 2 fully saturated rings. The fraction of sp³-hybridized carbons (Fsp3) is 0.765. The standard InChI is InChI=1S/C17H28N2S/c1-13(17-4-3-9-20-17)18-7-8-19(2)12-16-11-14-5-6-15(16)10-14/h3-4,9,13-16,18H,5-8,10-12H2,1-2H3. The van der Waals surface area contributed by atoms with Crippen LogP contribution in [0, 0.1) is 17.8 Å². The zero-order chi connectivity index (χ0) is 13.9. The van der Waals surface area contributed by atoms with Gasteiger partial charge in [-0.2, -0.15) is 0 Å². The zero-order valence-corrected chi connectivity index (χ0v) is 13.7. The van der Waals surface area contributed by atoms with E-state index in [1.54, 1.807) is 0 Å². The molecule has 0 saturated heterocycles. The van der Waals surface area contributed by atoms with E-state index in [-0.39, 0.29) is 0 Å². The van der Waals surface area contributed by atoms with Gasteiger partial charge in [0.15, 0.2) is 0 Å². The highest BCUT2D eigenvalue weighted by Gasteiger charge is 2.39. The lowest BCUT2D eigenvalue weighted by molar-refractivity contribution is 0.219. The van der Waals surface area contributed by atoms with E-state index >= 15 is 0 Å². The fourth-order valence-electron chi connectivity index (χ4n) is 4.20. The molecule has 1 aromatic heterocycles. The third kappa shape index (κ3) is 3.44. The molecule has 2 aliphatic rings. The molecule has 4 atom stereocenters. The summed E-state index contributed by atoms with van der Waals surface area (Å²) in [5.41, 5.74) is 0. The van der Waals surface area contributed by atoms with Crippen LogP contribution < -0.4 is 5.32 Å². The van der Waals surface area contributed by atoms with Crippen LogP contribution in [0.25, 0.3) is 0 Å². The maximum atomic E-state index is 3.64. The Hall–Kier alpha value is -0.380. The number of hydrogen-bond donors (Lipinski definition) is 1. The van der Waals surface area contributed by atoms with Gasteiger partial charge < -0.3 is 10.2 Å². The van der Waals surface area contributed by atoms with Crippen molar-refractivity contribution in [3.05, 3.63) is 22.4 Å². The predicted molar refractivity (Wildman–Crippen MR) is 87.2 cm³/mol. The molecule has 0 radical (unpaired) electrons. The van der Waals surface area contributed by atoms with Gasteiger partial charge in [-0.05, 0) is 62.4 Å². The molecule has 2 nitrogen and oxygen atoms in total. The summed E-state index contributed by atoms with van der Waals surface area (Å²) >= 11 is 1.85. The molecule has 20 heavy (non-hydrogen) atoms. The Bertz CT molecular complexity index is 403. The minimum atomic E-state index is 0.492. The minimum Gasteiger partial charge on any atom is -0.308 e. The molecule has 3 rings (SSSR count). The number of nitrogens with zero attached hydrogens (tertiary/aromatic N) is 1. The van der Waals surface area contributed by atoms with E-state index in [4.69, 9.17) is 0 Å². The van der Waals surface area contributed by atoms with Gasteiger partial charge in [-0.1, -0.05) is 12.5 Å². The van der Waals surface area contributed by atoms with E-state index in [0.717, 1.165) is 24.3 Å². The number of thiophene rings is 1. The first-order chi connectivity index (χ1) is 9.72. The van der Waals surface area contributed by atoms with Gasteiger partial charge in [-0.3, -0.25) is 0 Å². The van der Waals surface area contributed by atoms with Crippen molar-refractivity contribution in [1.29, 1.82) is 0 Å². The van der Waals surface area contributed by atoms with Gasteiger partial charge in [-0.15, -0.1) is 11.3 Å². The van der Waals surface area contributed by atoms with E-state index in [1.165, 1.54) is 43.6 Å². The molecule has 1 aromatic rings. The van der Waals surface area contributed by atoms with Gasteiger partial charge in [-0.25, -0.2) is 0 Å². The first kappa shape index (κ1) is 14.6. The third-order valence-corrected chi connectivity index (χ3v) is 6.40. The molecule has 0 spiro atoms. The summed E-state index contributed by atoms with van der Waals surface area (Å²) in [5.74, 6) is 3.13. The Balaban J connectivity index is 1.34. The lowest BCUT2D eigenvalue weighted by Gasteiger charge is -2.27. The topological polar surface area (TPSA) is 15.3 Å². The second-order valence-electron chi connectivity index (χ2n) is 6.89. The second kappa shape index (κ2) is 6.59. The van der Waals surface area contributed by atoms with Gasteiger partial charge >= 0.3 is 0 Å². The highest BCUT2D eigenvalue weighted by atomic mass is 32.1. The third-order valence-electron chi connectivity index (χ3n) is 5.34. The number of hydrogen-bond acceptors (Lipinski definition) is 3. The van der Waals surface area contributed by atoms with Crippen LogP contribution in [0.5, 0.6) is 0 Å². The number of rotatable bonds is 7. The average molecular weight is 292 g/mol. The predicted octanol–water partition coefficient (Wildman–Crippen LogP) is 3.77. The van der Waals surface area contributed by atoms with E-state index < -0.39 is 0 Å². The quantitative estimate of drug-likeness (QED) is 0.823. The number of fused-ring (bicyclic) bond motifs is 2. The summed E-state index contributed by atoms with van der Waals surface area (Å²) in [5, 5.41) is 5.81. The van der Waals surface area contributed by atoms with Gasteiger partial charge in [0.25, 0.3) is 0 Å². The van der Waals surface area contributed by atoms with Crippen LogP contribution in [-0.2, 0) is 0 Å². The van der Waals surface area contributed by atoms with E-state index in [0.29, 0.717) is 6.04 Å². The summed E-state index contributed by atoms with van der Waals surface area (Å²) < 4.78 is 0. The molecule has 4 unspecified atom stereocenters. The summed E-state index contributed by atoms with van der Waals surface area (Å²) in [6.07, 6.45) is 6.07. The maximum Gasteiger partial charge on any atom is 0.0386 e. The maximum absolute atomic E-state index is 3.64. The smallest absolute Gasteiger partial charge is 0.0386 e. The van der Waals surface area contributed by atoms with Crippen LogP contribution in [0.15, 0.2) is 17.5 Å². The highest BCUT2D eigenvalue weighted by molar-refractivity contribution is 7.10. The minimum absolute atomic E-state index is 0.492. The van der Waals surface area contributed by atoms with Crippen molar-refractivity contribution in [2.45, 2.75) is 38.6 Å². The molecule has 1 N–H and O–H groups in total. The van der Waals surface area contributed by atoms with Crippen LogP contribution in [0.1, 0.15) is 43.5 Å². The Labute approximate surface area is 127 Å². The molecule has 2 aliphatic carbocycles. The summed E-state index contributed by atoms with van der Waals surface area (Å²) in [6, 6.07) is 4.85. The highest BCUT2D eigenvalue weighted by Crippen LogP contribution is 2.48. The fourth-order valence-corrected chi connectivity index (χ4v) is 4.96. The Morgan fingerprint density at radius 1 is 1.40 bits per heavy atom. The second-order valence-corrected chi connectivity index (χ2v) is 7.87. The van der Waals surface area contributed by atoms with E-state index in [2.05, 4.69) is 41.7 Å². The lowest BCUT2D eigenvalue weighted by Crippen LogP contribution is -2.34. The Morgan fingerprint density at radius 2 is 2.30 bits per heavy atom. The average Bonchev–Trinajstić information content (AvgIpc) is 3.16. The van der Waals surface area contributed by atoms with Crippen molar-refractivity contribution in [2.24, 2.45) is 17.8 Å². The van der Waals surface area contributed by atoms with Crippen LogP contribution in [0.3, 0.4) is 0 Å². The monoisotopic (exact) mass is 292 g/mol. The Kier molecular flexibility index (Phi) is 4.79. The lowest BCUT2D eigenvalue weighted by atomic mass is 9.88. The normalized spacial score (nSPS) is 30.2. The molecule has 0 aromatic carbocycles. The van der Waals surface area contributed by atoms with Crippen LogP contribution in [-0.4, -0.2) is 31.6 Å². The van der Waals surface area contributed by atoms with Gasteiger partial charge in [0.1, 0.15) is 0 Å². The van der Waals surface area contributed by atoms with Crippen LogP contribution in [0.4, 0.5) is 0 Å². The first-order valence-corrected chi connectivity index (χ1v) is 9.05. The molecule has 2 bridgehead atoms.